The third kappa shape index (κ3) is 4.26. The van der Waals surface area contributed by atoms with E-state index in [-0.39, 0.29) is 17.6 Å². The molecule has 1 amide bonds. The minimum Gasteiger partial charge on any atom is -0.390 e. The molecule has 148 valence electrons. The summed E-state index contributed by atoms with van der Waals surface area (Å²) in [5, 5.41) is 7.02. The number of rotatable bonds is 5. The highest BCUT2D eigenvalue weighted by molar-refractivity contribution is 7.18. The molecule has 1 aliphatic heterocycles. The predicted octanol–water partition coefficient (Wildman–Crippen LogP) is 3.99. The number of nitrogens with zero attached hydrogens (tertiary/aromatic N) is 1. The molecule has 3 aromatic rings. The van der Waals surface area contributed by atoms with Crippen LogP contribution in [0.15, 0.2) is 58.6 Å². The van der Waals surface area contributed by atoms with Crippen molar-refractivity contribution in [3.05, 3.63) is 79.4 Å². The molecule has 0 bridgehead atoms. The molecule has 0 radical (unpaired) electrons. The van der Waals surface area contributed by atoms with Crippen molar-refractivity contribution in [1.29, 1.82) is 0 Å². The predicted molar refractivity (Wildman–Crippen MR) is 115 cm³/mol. The summed E-state index contributed by atoms with van der Waals surface area (Å²) in [5.41, 5.74) is 4.25. The number of halogens is 1. The van der Waals surface area contributed by atoms with Crippen LogP contribution < -0.4 is 10.9 Å². The van der Waals surface area contributed by atoms with E-state index in [1.807, 2.05) is 30.3 Å². The highest BCUT2D eigenvalue weighted by Gasteiger charge is 2.23. The van der Waals surface area contributed by atoms with Gasteiger partial charge >= 0.3 is 0 Å². The van der Waals surface area contributed by atoms with Gasteiger partial charge in [0, 0.05) is 18.2 Å². The SMILES string of the molecule is Cc1c(-c2ccc(C3=NOC(CNC(=O)c4ccc(Cl)s4)C3)cc2)cc[nH]c1=O. The van der Waals surface area contributed by atoms with Crippen LogP contribution in [0, 0.1) is 6.92 Å². The minimum atomic E-state index is -0.209. The number of oxime groups is 1. The Balaban J connectivity index is 1.37. The van der Waals surface area contributed by atoms with Gasteiger partial charge in [0.05, 0.1) is 21.5 Å². The van der Waals surface area contributed by atoms with E-state index in [4.69, 9.17) is 16.4 Å². The maximum Gasteiger partial charge on any atom is 0.261 e. The van der Waals surface area contributed by atoms with Crippen LogP contribution in [0.3, 0.4) is 0 Å². The number of benzene rings is 1. The van der Waals surface area contributed by atoms with Gasteiger partial charge in [-0.25, -0.2) is 0 Å². The van der Waals surface area contributed by atoms with Crippen molar-refractivity contribution in [2.24, 2.45) is 5.16 Å². The average Bonchev–Trinajstić information content (AvgIpc) is 3.38. The Morgan fingerprint density at radius 3 is 2.72 bits per heavy atom. The van der Waals surface area contributed by atoms with Crippen molar-refractivity contribution in [3.63, 3.8) is 0 Å². The Morgan fingerprint density at radius 2 is 2.00 bits per heavy atom. The molecule has 1 atom stereocenters. The zero-order chi connectivity index (χ0) is 20.4. The summed E-state index contributed by atoms with van der Waals surface area (Å²) in [4.78, 5) is 32.6. The lowest BCUT2D eigenvalue weighted by Crippen LogP contribution is -2.31. The van der Waals surface area contributed by atoms with Crippen LogP contribution in [-0.2, 0) is 4.84 Å². The van der Waals surface area contributed by atoms with E-state index in [0.717, 1.165) is 22.4 Å². The lowest BCUT2D eigenvalue weighted by Gasteiger charge is -2.09. The molecule has 29 heavy (non-hydrogen) atoms. The van der Waals surface area contributed by atoms with Gasteiger partial charge in [-0.05, 0) is 41.8 Å². The van der Waals surface area contributed by atoms with Crippen molar-refractivity contribution in [3.8, 4) is 11.1 Å². The van der Waals surface area contributed by atoms with Crippen molar-refractivity contribution in [2.75, 3.05) is 6.54 Å². The summed E-state index contributed by atoms with van der Waals surface area (Å²) < 4.78 is 0.580. The number of aromatic amines is 1. The summed E-state index contributed by atoms with van der Waals surface area (Å²) in [6.07, 6.45) is 2.05. The number of H-pyrrole nitrogens is 1. The molecule has 0 saturated heterocycles. The number of aromatic nitrogens is 1. The van der Waals surface area contributed by atoms with Crippen molar-refractivity contribution in [2.45, 2.75) is 19.4 Å². The first-order valence-corrected chi connectivity index (χ1v) is 10.3. The molecule has 3 heterocycles. The molecule has 2 aromatic heterocycles. The molecule has 6 nitrogen and oxygen atoms in total. The molecule has 0 spiro atoms. The molecule has 1 aromatic carbocycles. The normalized spacial score (nSPS) is 15.7. The van der Waals surface area contributed by atoms with Crippen LogP contribution >= 0.6 is 22.9 Å². The topological polar surface area (TPSA) is 83.5 Å². The molecule has 0 fully saturated rings. The second kappa shape index (κ2) is 8.23. The summed E-state index contributed by atoms with van der Waals surface area (Å²) in [6.45, 7) is 2.17. The number of pyridine rings is 1. The number of carbonyl (C=O) groups is 1. The highest BCUT2D eigenvalue weighted by Crippen LogP contribution is 2.24. The Morgan fingerprint density at radius 1 is 1.24 bits per heavy atom. The first-order chi connectivity index (χ1) is 14.0. The summed E-state index contributed by atoms with van der Waals surface area (Å²) >= 11 is 7.10. The summed E-state index contributed by atoms with van der Waals surface area (Å²) in [5.74, 6) is -0.170. The first-order valence-electron chi connectivity index (χ1n) is 9.06. The first kappa shape index (κ1) is 19.4. The smallest absolute Gasteiger partial charge is 0.261 e. The molecule has 1 unspecified atom stereocenters. The lowest BCUT2D eigenvalue weighted by atomic mass is 9.98. The summed E-state index contributed by atoms with van der Waals surface area (Å²) in [6, 6.07) is 13.2. The van der Waals surface area contributed by atoms with Crippen LogP contribution in [0.2, 0.25) is 4.34 Å². The van der Waals surface area contributed by atoms with E-state index in [0.29, 0.717) is 27.7 Å². The van der Waals surface area contributed by atoms with E-state index in [1.54, 1.807) is 25.3 Å². The van der Waals surface area contributed by atoms with Gasteiger partial charge < -0.3 is 15.1 Å². The Bertz CT molecular complexity index is 1130. The average molecular weight is 428 g/mol. The van der Waals surface area contributed by atoms with Gasteiger partial charge in [0.25, 0.3) is 11.5 Å². The van der Waals surface area contributed by atoms with Gasteiger partial charge in [-0.15, -0.1) is 11.3 Å². The maximum absolute atomic E-state index is 12.1. The molecular formula is C21H18ClN3O3S. The van der Waals surface area contributed by atoms with Gasteiger partial charge in [-0.1, -0.05) is 41.0 Å². The van der Waals surface area contributed by atoms with Crippen molar-refractivity contribution < 1.29 is 9.63 Å². The third-order valence-corrected chi connectivity index (χ3v) is 5.99. The van der Waals surface area contributed by atoms with Crippen LogP contribution in [-0.4, -0.2) is 29.3 Å². The third-order valence-electron chi connectivity index (χ3n) is 4.76. The fourth-order valence-electron chi connectivity index (χ4n) is 3.15. The van der Waals surface area contributed by atoms with E-state index < -0.39 is 0 Å². The molecule has 4 rings (SSSR count). The minimum absolute atomic E-state index is 0.0881. The zero-order valence-corrected chi connectivity index (χ0v) is 17.1. The monoisotopic (exact) mass is 427 g/mol. The molecule has 1 aliphatic rings. The second-order valence-electron chi connectivity index (χ2n) is 6.71. The standard InChI is InChI=1S/C21H18ClN3O3S/c1-12-16(8-9-23-20(12)26)13-2-4-14(5-3-13)17-10-15(28-25-17)11-24-21(27)18-6-7-19(22)29-18/h2-9,15H,10-11H2,1H3,(H,23,26)(H,24,27). The second-order valence-corrected chi connectivity index (χ2v) is 8.42. The van der Waals surface area contributed by atoms with E-state index in [2.05, 4.69) is 15.5 Å². The number of carbonyl (C=O) groups excluding carboxylic acids is 1. The molecule has 0 saturated carbocycles. The fraction of sp³-hybridized carbons (Fsp3) is 0.190. The van der Waals surface area contributed by atoms with Gasteiger partial charge in [0.1, 0.15) is 6.10 Å². The summed E-state index contributed by atoms with van der Waals surface area (Å²) in [7, 11) is 0. The van der Waals surface area contributed by atoms with Crippen molar-refractivity contribution in [1.82, 2.24) is 10.3 Å². The molecular weight excluding hydrogens is 410 g/mol. The van der Waals surface area contributed by atoms with E-state index in [1.165, 1.54) is 11.3 Å². The van der Waals surface area contributed by atoms with Crippen LogP contribution in [0.25, 0.3) is 11.1 Å². The Kier molecular flexibility index (Phi) is 5.51. The number of hydrogen-bond acceptors (Lipinski definition) is 5. The van der Waals surface area contributed by atoms with E-state index in [9.17, 15) is 9.59 Å². The van der Waals surface area contributed by atoms with Gasteiger partial charge in [0.2, 0.25) is 0 Å². The Labute approximate surface area is 176 Å². The number of nitrogens with one attached hydrogen (secondary N) is 2. The fourth-order valence-corrected chi connectivity index (χ4v) is 4.11. The van der Waals surface area contributed by atoms with E-state index >= 15 is 0 Å². The number of hydrogen-bond donors (Lipinski definition) is 2. The molecule has 0 aliphatic carbocycles. The quantitative estimate of drug-likeness (QED) is 0.645. The van der Waals surface area contributed by atoms with Crippen molar-refractivity contribution >= 4 is 34.6 Å². The van der Waals surface area contributed by atoms with Gasteiger partial charge in [-0.2, -0.15) is 0 Å². The zero-order valence-electron chi connectivity index (χ0n) is 15.6. The highest BCUT2D eigenvalue weighted by atomic mass is 35.5. The van der Waals surface area contributed by atoms with Crippen LogP contribution in [0.1, 0.15) is 27.2 Å². The van der Waals surface area contributed by atoms with Crippen LogP contribution in [0.5, 0.6) is 0 Å². The molecule has 2 N–H and O–H groups in total. The number of amides is 1. The lowest BCUT2D eigenvalue weighted by molar-refractivity contribution is 0.0755. The largest absolute Gasteiger partial charge is 0.390 e. The van der Waals surface area contributed by atoms with Gasteiger partial charge in [0.15, 0.2) is 0 Å². The Hall–Kier alpha value is -2.90. The number of thiophene rings is 1. The maximum atomic E-state index is 12.1. The van der Waals surface area contributed by atoms with Gasteiger partial charge in [-0.3, -0.25) is 9.59 Å². The van der Waals surface area contributed by atoms with Crippen LogP contribution in [0.4, 0.5) is 0 Å². The molecule has 8 heteroatoms.